The minimum atomic E-state index is 0.0538. The molecule has 0 aliphatic carbocycles. The third-order valence-corrected chi connectivity index (χ3v) is 5.16. The fraction of sp³-hybridized carbons (Fsp3) is 0.278. The maximum Gasteiger partial charge on any atom is 0.257 e. The molecule has 0 saturated carbocycles. The molecule has 25 heavy (non-hydrogen) atoms. The van der Waals surface area contributed by atoms with Gasteiger partial charge in [0.15, 0.2) is 5.13 Å². The number of carbonyl (C=O) groups is 1. The molecule has 1 saturated heterocycles. The zero-order valence-corrected chi connectivity index (χ0v) is 14.6. The Morgan fingerprint density at radius 2 is 1.92 bits per heavy atom. The van der Waals surface area contributed by atoms with Crippen molar-refractivity contribution < 1.29 is 4.79 Å². The molecule has 3 heterocycles. The Balaban J connectivity index is 1.37. The first-order chi connectivity index (χ1) is 12.3. The lowest BCUT2D eigenvalue weighted by molar-refractivity contribution is 0.0746. The second-order valence-electron chi connectivity index (χ2n) is 6.01. The van der Waals surface area contributed by atoms with Crippen LogP contribution >= 0.6 is 11.3 Å². The summed E-state index contributed by atoms with van der Waals surface area (Å²) in [6.45, 7) is 3.73. The van der Waals surface area contributed by atoms with Crippen molar-refractivity contribution in [3.05, 3.63) is 65.4 Å². The Bertz CT molecular complexity index is 822. The molecule has 3 aromatic rings. The fourth-order valence-electron chi connectivity index (χ4n) is 2.99. The highest BCUT2D eigenvalue weighted by Crippen LogP contribution is 2.19. The molecule has 1 fully saturated rings. The second kappa shape index (κ2) is 7.06. The molecular weight excluding hydrogens is 334 g/mol. The molecule has 0 N–H and O–H groups in total. The maximum absolute atomic E-state index is 12.7. The van der Waals surface area contributed by atoms with E-state index in [9.17, 15) is 4.79 Å². The van der Waals surface area contributed by atoms with Gasteiger partial charge in [-0.2, -0.15) is 5.10 Å². The number of carbonyl (C=O) groups excluding carboxylic acids is 1. The predicted octanol–water partition coefficient (Wildman–Crippen LogP) is 2.35. The molecule has 0 unspecified atom stereocenters. The molecule has 0 spiro atoms. The zero-order chi connectivity index (χ0) is 17.1. The smallest absolute Gasteiger partial charge is 0.257 e. The molecule has 1 amide bonds. The number of rotatable bonds is 4. The van der Waals surface area contributed by atoms with E-state index in [2.05, 4.69) is 27.1 Å². The van der Waals surface area contributed by atoms with Gasteiger partial charge in [-0.1, -0.05) is 30.3 Å². The fourth-order valence-corrected chi connectivity index (χ4v) is 3.68. The van der Waals surface area contributed by atoms with Crippen LogP contribution in [0.25, 0.3) is 0 Å². The van der Waals surface area contributed by atoms with E-state index in [4.69, 9.17) is 0 Å². The van der Waals surface area contributed by atoms with E-state index >= 15 is 0 Å². The number of thiazole rings is 1. The summed E-state index contributed by atoms with van der Waals surface area (Å²) in [5.41, 5.74) is 1.82. The van der Waals surface area contributed by atoms with Crippen molar-refractivity contribution in [1.29, 1.82) is 0 Å². The summed E-state index contributed by atoms with van der Waals surface area (Å²) in [5.74, 6) is 0.0538. The van der Waals surface area contributed by atoms with Gasteiger partial charge < -0.3 is 9.80 Å². The van der Waals surface area contributed by atoms with Gasteiger partial charge in [-0.3, -0.25) is 9.48 Å². The largest absolute Gasteiger partial charge is 0.345 e. The first-order valence-corrected chi connectivity index (χ1v) is 9.18. The Morgan fingerprint density at radius 3 is 2.64 bits per heavy atom. The average molecular weight is 353 g/mol. The number of amides is 1. The summed E-state index contributed by atoms with van der Waals surface area (Å²) in [5, 5.41) is 7.34. The highest BCUT2D eigenvalue weighted by Gasteiger charge is 2.24. The van der Waals surface area contributed by atoms with Crippen molar-refractivity contribution in [3.63, 3.8) is 0 Å². The Labute approximate surface area is 150 Å². The van der Waals surface area contributed by atoms with Gasteiger partial charge in [0.25, 0.3) is 5.91 Å². The third kappa shape index (κ3) is 3.56. The van der Waals surface area contributed by atoms with Gasteiger partial charge in [-0.15, -0.1) is 11.3 Å². The van der Waals surface area contributed by atoms with Crippen LogP contribution in [-0.4, -0.2) is 51.8 Å². The molecule has 0 radical (unpaired) electrons. The Morgan fingerprint density at radius 1 is 1.12 bits per heavy atom. The van der Waals surface area contributed by atoms with Crippen LogP contribution in [0.1, 0.15) is 15.9 Å². The van der Waals surface area contributed by atoms with E-state index in [1.807, 2.05) is 45.6 Å². The van der Waals surface area contributed by atoms with Crippen molar-refractivity contribution in [1.82, 2.24) is 19.7 Å². The van der Waals surface area contributed by atoms with Crippen molar-refractivity contribution >= 4 is 22.4 Å². The SMILES string of the molecule is O=C(c1cnn(Cc2ccccc2)c1)N1CCN(c2nccs2)CC1. The standard InChI is InChI=1S/C18H19N5OS/c24-17(21-7-9-22(10-8-21)18-19-6-11-25-18)16-12-20-23(14-16)13-15-4-2-1-3-5-15/h1-6,11-12,14H,7-10,13H2. The van der Waals surface area contributed by atoms with Gasteiger partial charge in [-0.25, -0.2) is 4.98 Å². The highest BCUT2D eigenvalue weighted by atomic mass is 32.1. The normalized spacial score (nSPS) is 14.7. The molecule has 6 nitrogen and oxygen atoms in total. The molecule has 1 aliphatic rings. The molecule has 128 valence electrons. The molecule has 0 bridgehead atoms. The lowest BCUT2D eigenvalue weighted by Gasteiger charge is -2.34. The van der Waals surface area contributed by atoms with Crippen molar-refractivity contribution in [2.75, 3.05) is 31.1 Å². The number of piperazine rings is 1. The number of benzene rings is 1. The van der Waals surface area contributed by atoms with Crippen LogP contribution in [-0.2, 0) is 6.54 Å². The summed E-state index contributed by atoms with van der Waals surface area (Å²) in [6.07, 6.45) is 5.32. The van der Waals surface area contributed by atoms with Crippen LogP contribution < -0.4 is 4.90 Å². The average Bonchev–Trinajstić information content (AvgIpc) is 3.34. The van der Waals surface area contributed by atoms with E-state index < -0.39 is 0 Å². The van der Waals surface area contributed by atoms with Crippen LogP contribution in [0.2, 0.25) is 0 Å². The van der Waals surface area contributed by atoms with Gasteiger partial charge in [0, 0.05) is 44.0 Å². The molecular formula is C18H19N5OS. The van der Waals surface area contributed by atoms with Gasteiger partial charge in [-0.05, 0) is 5.56 Å². The summed E-state index contributed by atoms with van der Waals surface area (Å²) in [7, 11) is 0. The van der Waals surface area contributed by atoms with Crippen LogP contribution in [0.3, 0.4) is 0 Å². The molecule has 1 aliphatic heterocycles. The van der Waals surface area contributed by atoms with Gasteiger partial charge in [0.05, 0.1) is 18.3 Å². The minimum absolute atomic E-state index is 0.0538. The van der Waals surface area contributed by atoms with Crippen LogP contribution in [0, 0.1) is 0 Å². The maximum atomic E-state index is 12.7. The number of hydrogen-bond donors (Lipinski definition) is 0. The summed E-state index contributed by atoms with van der Waals surface area (Å²) < 4.78 is 1.81. The first-order valence-electron chi connectivity index (χ1n) is 8.30. The van der Waals surface area contributed by atoms with Crippen LogP contribution in [0.4, 0.5) is 5.13 Å². The van der Waals surface area contributed by atoms with Gasteiger partial charge in [0.1, 0.15) is 0 Å². The Hall–Kier alpha value is -2.67. The van der Waals surface area contributed by atoms with E-state index in [1.54, 1.807) is 17.5 Å². The third-order valence-electron chi connectivity index (χ3n) is 4.32. The topological polar surface area (TPSA) is 54.3 Å². The monoisotopic (exact) mass is 353 g/mol. The quantitative estimate of drug-likeness (QED) is 0.722. The molecule has 7 heteroatoms. The highest BCUT2D eigenvalue weighted by molar-refractivity contribution is 7.13. The van der Waals surface area contributed by atoms with E-state index in [0.29, 0.717) is 25.2 Å². The number of nitrogens with zero attached hydrogens (tertiary/aromatic N) is 5. The van der Waals surface area contributed by atoms with Crippen molar-refractivity contribution in [2.45, 2.75) is 6.54 Å². The molecule has 2 aromatic heterocycles. The summed E-state index contributed by atoms with van der Waals surface area (Å²) in [4.78, 5) is 21.2. The number of hydrogen-bond acceptors (Lipinski definition) is 5. The molecule has 0 atom stereocenters. The van der Waals surface area contributed by atoms with Gasteiger partial charge in [0.2, 0.25) is 0 Å². The second-order valence-corrected chi connectivity index (χ2v) is 6.88. The van der Waals surface area contributed by atoms with E-state index in [0.717, 1.165) is 18.2 Å². The summed E-state index contributed by atoms with van der Waals surface area (Å²) in [6, 6.07) is 10.1. The van der Waals surface area contributed by atoms with Crippen LogP contribution in [0.15, 0.2) is 54.3 Å². The lowest BCUT2D eigenvalue weighted by atomic mass is 10.2. The van der Waals surface area contributed by atoms with Gasteiger partial charge >= 0.3 is 0 Å². The van der Waals surface area contributed by atoms with E-state index in [1.165, 1.54) is 5.56 Å². The minimum Gasteiger partial charge on any atom is -0.345 e. The molecule has 1 aromatic carbocycles. The molecule has 4 rings (SSSR count). The first kappa shape index (κ1) is 15.8. The van der Waals surface area contributed by atoms with Crippen molar-refractivity contribution in [3.8, 4) is 0 Å². The lowest BCUT2D eigenvalue weighted by Crippen LogP contribution is -2.48. The zero-order valence-electron chi connectivity index (χ0n) is 13.8. The van der Waals surface area contributed by atoms with Crippen molar-refractivity contribution in [2.24, 2.45) is 0 Å². The predicted molar refractivity (Wildman–Crippen MR) is 98.0 cm³/mol. The van der Waals surface area contributed by atoms with Crippen LogP contribution in [0.5, 0.6) is 0 Å². The number of anilines is 1. The van der Waals surface area contributed by atoms with E-state index in [-0.39, 0.29) is 5.91 Å². The number of aromatic nitrogens is 3. The Kier molecular flexibility index (Phi) is 4.47. The summed E-state index contributed by atoms with van der Waals surface area (Å²) >= 11 is 1.64.